The molecule has 0 aliphatic heterocycles. The van der Waals surface area contributed by atoms with Crippen LogP contribution in [0.5, 0.6) is 0 Å². The zero-order valence-corrected chi connectivity index (χ0v) is 17.5. The molecule has 0 aliphatic carbocycles. The predicted octanol–water partition coefficient (Wildman–Crippen LogP) is 4.48. The van der Waals surface area contributed by atoms with Crippen LogP contribution in [0.3, 0.4) is 0 Å². The summed E-state index contributed by atoms with van der Waals surface area (Å²) in [6, 6.07) is 27.3. The first-order chi connectivity index (χ1) is 9.90. The standard InChI is InChI=1S/C20H16.Bi.3H/c1-2-16-14-9-15-19(17-10-5-3-6-11-17)20(16)18-12-7-4-8-13-18;;;;/h2-15H,1H2;;;;. The van der Waals surface area contributed by atoms with E-state index in [0.29, 0.717) is 0 Å². The molecule has 0 unspecified atom stereocenters. The fourth-order valence-electron chi connectivity index (χ4n) is 2.53. The zero-order valence-electron chi connectivity index (χ0n) is 12.0. The van der Waals surface area contributed by atoms with Gasteiger partial charge in [-0.1, -0.05) is 91.5 Å². The molecular formula is C20H19Bi. The molecule has 0 fully saturated rings. The first kappa shape index (κ1) is 15.7. The Bertz CT molecular complexity index is 715. The van der Waals surface area contributed by atoms with E-state index in [4.69, 9.17) is 0 Å². The molecule has 0 aliphatic rings. The molecule has 0 amide bonds. The van der Waals surface area contributed by atoms with E-state index in [0.717, 1.165) is 5.56 Å². The molecule has 3 rings (SSSR count). The number of hydrogen-bond donors (Lipinski definition) is 0. The van der Waals surface area contributed by atoms with Gasteiger partial charge in [-0.2, -0.15) is 0 Å². The van der Waals surface area contributed by atoms with Gasteiger partial charge in [0.1, 0.15) is 0 Å². The zero-order chi connectivity index (χ0) is 13.8. The van der Waals surface area contributed by atoms with Gasteiger partial charge in [-0.15, -0.1) is 0 Å². The molecule has 104 valence electrons. The van der Waals surface area contributed by atoms with Crippen molar-refractivity contribution in [2.75, 3.05) is 0 Å². The van der Waals surface area contributed by atoms with Crippen molar-refractivity contribution in [3.05, 3.63) is 91.0 Å². The van der Waals surface area contributed by atoms with Crippen LogP contribution in [-0.2, 0) is 0 Å². The Hall–Kier alpha value is -1.72. The van der Waals surface area contributed by atoms with Crippen LogP contribution in [0.25, 0.3) is 28.3 Å². The molecule has 0 N–H and O–H groups in total. The average Bonchev–Trinajstić information content (AvgIpc) is 2.55. The average molecular weight is 468 g/mol. The van der Waals surface area contributed by atoms with Crippen LogP contribution >= 0.6 is 0 Å². The molecule has 0 radical (unpaired) electrons. The Morgan fingerprint density at radius 3 is 1.76 bits per heavy atom. The van der Waals surface area contributed by atoms with Crippen LogP contribution in [0.1, 0.15) is 5.56 Å². The monoisotopic (exact) mass is 468 g/mol. The van der Waals surface area contributed by atoms with Gasteiger partial charge >= 0.3 is 26.2 Å². The van der Waals surface area contributed by atoms with E-state index < -0.39 is 0 Å². The molecule has 0 nitrogen and oxygen atoms in total. The van der Waals surface area contributed by atoms with Crippen molar-refractivity contribution >= 4 is 32.3 Å². The van der Waals surface area contributed by atoms with E-state index >= 15 is 0 Å². The molecule has 21 heavy (non-hydrogen) atoms. The number of benzene rings is 3. The predicted molar refractivity (Wildman–Crippen MR) is 97.3 cm³/mol. The summed E-state index contributed by atoms with van der Waals surface area (Å²) in [5.74, 6) is 0. The minimum atomic E-state index is 0. The van der Waals surface area contributed by atoms with Crippen LogP contribution in [0.4, 0.5) is 0 Å². The van der Waals surface area contributed by atoms with E-state index in [-0.39, 0.29) is 26.2 Å². The van der Waals surface area contributed by atoms with E-state index in [2.05, 4.69) is 73.3 Å². The Labute approximate surface area is 145 Å². The third-order valence-electron chi connectivity index (χ3n) is 3.46. The van der Waals surface area contributed by atoms with E-state index in [1.807, 2.05) is 18.2 Å². The molecule has 3 aromatic rings. The third-order valence-corrected chi connectivity index (χ3v) is 3.46. The molecule has 0 atom stereocenters. The molecule has 0 bridgehead atoms. The van der Waals surface area contributed by atoms with Gasteiger partial charge in [0.2, 0.25) is 0 Å². The molecule has 0 heterocycles. The molecule has 0 spiro atoms. The van der Waals surface area contributed by atoms with Crippen LogP contribution in [0.15, 0.2) is 85.4 Å². The van der Waals surface area contributed by atoms with E-state index in [1.54, 1.807) is 0 Å². The van der Waals surface area contributed by atoms with Crippen molar-refractivity contribution in [3.63, 3.8) is 0 Å². The summed E-state index contributed by atoms with van der Waals surface area (Å²) in [7, 11) is 0. The second kappa shape index (κ2) is 7.34. The Balaban J connectivity index is 0.00000161. The minimum absolute atomic E-state index is 0. The Kier molecular flexibility index (Phi) is 5.47. The van der Waals surface area contributed by atoms with Crippen molar-refractivity contribution in [1.82, 2.24) is 0 Å². The van der Waals surface area contributed by atoms with Crippen LogP contribution in [0, 0.1) is 0 Å². The van der Waals surface area contributed by atoms with Crippen molar-refractivity contribution in [3.8, 4) is 22.3 Å². The van der Waals surface area contributed by atoms with Gasteiger partial charge in [-0.05, 0) is 27.8 Å². The molecule has 1 heteroatoms. The SMILES string of the molecule is C=Cc1cccc(-c2ccccc2)c1-c1ccccc1.[BiH3]. The van der Waals surface area contributed by atoms with Crippen LogP contribution < -0.4 is 0 Å². The summed E-state index contributed by atoms with van der Waals surface area (Å²) in [5, 5.41) is 0. The summed E-state index contributed by atoms with van der Waals surface area (Å²) in [6.45, 7) is 3.95. The fraction of sp³-hybridized carbons (Fsp3) is 0. The van der Waals surface area contributed by atoms with Gasteiger partial charge in [-0.25, -0.2) is 0 Å². The van der Waals surface area contributed by atoms with Gasteiger partial charge in [-0.3, -0.25) is 0 Å². The summed E-state index contributed by atoms with van der Waals surface area (Å²) in [6.07, 6.45) is 1.93. The quantitative estimate of drug-likeness (QED) is 0.498. The molecule has 0 saturated carbocycles. The second-order valence-electron chi connectivity index (χ2n) is 4.71. The van der Waals surface area contributed by atoms with Crippen LogP contribution in [0.2, 0.25) is 0 Å². The van der Waals surface area contributed by atoms with Crippen molar-refractivity contribution in [1.29, 1.82) is 0 Å². The van der Waals surface area contributed by atoms with Gasteiger partial charge in [0.25, 0.3) is 0 Å². The third kappa shape index (κ3) is 3.31. The normalized spacial score (nSPS) is 9.71. The van der Waals surface area contributed by atoms with Crippen molar-refractivity contribution in [2.24, 2.45) is 0 Å². The van der Waals surface area contributed by atoms with Crippen LogP contribution in [-0.4, -0.2) is 26.2 Å². The van der Waals surface area contributed by atoms with Crippen molar-refractivity contribution < 1.29 is 0 Å². The Morgan fingerprint density at radius 2 is 1.19 bits per heavy atom. The van der Waals surface area contributed by atoms with Gasteiger partial charge in [0.05, 0.1) is 0 Å². The maximum atomic E-state index is 3.95. The fourth-order valence-corrected chi connectivity index (χ4v) is 2.53. The molecular weight excluding hydrogens is 449 g/mol. The Morgan fingerprint density at radius 1 is 0.619 bits per heavy atom. The van der Waals surface area contributed by atoms with Gasteiger partial charge in [0.15, 0.2) is 0 Å². The summed E-state index contributed by atoms with van der Waals surface area (Å²) in [5.41, 5.74) is 6.11. The van der Waals surface area contributed by atoms with Crippen molar-refractivity contribution in [2.45, 2.75) is 0 Å². The molecule has 0 aromatic heterocycles. The first-order valence-electron chi connectivity index (χ1n) is 6.76. The number of hydrogen-bond acceptors (Lipinski definition) is 0. The number of rotatable bonds is 3. The first-order valence-corrected chi connectivity index (χ1v) is 6.76. The van der Waals surface area contributed by atoms with E-state index in [1.165, 1.54) is 22.3 Å². The van der Waals surface area contributed by atoms with Gasteiger partial charge in [0, 0.05) is 0 Å². The topological polar surface area (TPSA) is 0 Å². The van der Waals surface area contributed by atoms with E-state index in [9.17, 15) is 0 Å². The molecule has 0 saturated heterocycles. The summed E-state index contributed by atoms with van der Waals surface area (Å²) in [4.78, 5) is 0. The summed E-state index contributed by atoms with van der Waals surface area (Å²) < 4.78 is 0. The van der Waals surface area contributed by atoms with Gasteiger partial charge < -0.3 is 0 Å². The second-order valence-corrected chi connectivity index (χ2v) is 4.71. The summed E-state index contributed by atoms with van der Waals surface area (Å²) >= 11 is 0. The molecule has 3 aromatic carbocycles. The maximum absolute atomic E-state index is 3.95.